The van der Waals surface area contributed by atoms with Gasteiger partial charge in [-0.25, -0.2) is 0 Å². The highest BCUT2D eigenvalue weighted by Gasteiger charge is 2.33. The molecule has 0 bridgehead atoms. The van der Waals surface area contributed by atoms with Crippen molar-refractivity contribution >= 4 is 12.4 Å². The van der Waals surface area contributed by atoms with E-state index in [0.29, 0.717) is 13.2 Å². The van der Waals surface area contributed by atoms with Gasteiger partial charge >= 0.3 is 0 Å². The van der Waals surface area contributed by atoms with Crippen LogP contribution in [0.3, 0.4) is 0 Å². The lowest BCUT2D eigenvalue weighted by Gasteiger charge is -2.42. The number of rotatable bonds is 7. The predicted octanol–water partition coefficient (Wildman–Crippen LogP) is 2.70. The maximum Gasteiger partial charge on any atom is 0.161 e. The SMILES string of the molecule is COCCOc1ccc(CN2CCC(N)C(C)(C)C2)cc1OC.Cl. The zero-order chi connectivity index (χ0) is 16.9. The van der Waals surface area contributed by atoms with Crippen molar-refractivity contribution in [1.29, 1.82) is 0 Å². The Morgan fingerprint density at radius 1 is 1.21 bits per heavy atom. The fourth-order valence-electron chi connectivity index (χ4n) is 3.04. The first-order valence-corrected chi connectivity index (χ1v) is 8.23. The third-order valence-electron chi connectivity index (χ3n) is 4.57. The van der Waals surface area contributed by atoms with E-state index in [1.54, 1.807) is 14.2 Å². The average Bonchev–Trinajstić information content (AvgIpc) is 2.52. The number of nitrogens with two attached hydrogens (primary N) is 1. The fourth-order valence-corrected chi connectivity index (χ4v) is 3.04. The molecule has 1 heterocycles. The first kappa shape index (κ1) is 21.0. The van der Waals surface area contributed by atoms with Crippen molar-refractivity contribution < 1.29 is 14.2 Å². The van der Waals surface area contributed by atoms with Crippen LogP contribution in [0.25, 0.3) is 0 Å². The van der Waals surface area contributed by atoms with E-state index < -0.39 is 0 Å². The van der Waals surface area contributed by atoms with Crippen molar-refractivity contribution in [3.8, 4) is 11.5 Å². The van der Waals surface area contributed by atoms with Gasteiger partial charge < -0.3 is 19.9 Å². The molecule has 0 radical (unpaired) electrons. The maximum absolute atomic E-state index is 6.22. The molecule has 1 atom stereocenters. The average molecular weight is 359 g/mol. The molecule has 1 unspecified atom stereocenters. The van der Waals surface area contributed by atoms with Crippen LogP contribution in [-0.2, 0) is 11.3 Å². The van der Waals surface area contributed by atoms with Crippen LogP contribution in [0.5, 0.6) is 11.5 Å². The van der Waals surface area contributed by atoms with Gasteiger partial charge in [0.25, 0.3) is 0 Å². The molecule has 1 aliphatic heterocycles. The molecule has 24 heavy (non-hydrogen) atoms. The molecule has 1 fully saturated rings. The molecule has 6 heteroatoms. The Hall–Kier alpha value is -1.01. The van der Waals surface area contributed by atoms with Crippen LogP contribution in [0.15, 0.2) is 18.2 Å². The van der Waals surface area contributed by atoms with Crippen LogP contribution in [0.2, 0.25) is 0 Å². The van der Waals surface area contributed by atoms with Crippen molar-refractivity contribution in [3.05, 3.63) is 23.8 Å². The van der Waals surface area contributed by atoms with Crippen LogP contribution < -0.4 is 15.2 Å². The Labute approximate surface area is 151 Å². The van der Waals surface area contributed by atoms with Gasteiger partial charge in [0, 0.05) is 32.8 Å². The van der Waals surface area contributed by atoms with E-state index in [-0.39, 0.29) is 23.9 Å². The first-order valence-electron chi connectivity index (χ1n) is 8.23. The second kappa shape index (κ2) is 9.47. The number of nitrogens with zero attached hydrogens (tertiary/aromatic N) is 1. The van der Waals surface area contributed by atoms with E-state index in [4.69, 9.17) is 19.9 Å². The molecule has 0 spiro atoms. The molecule has 0 aliphatic carbocycles. The van der Waals surface area contributed by atoms with Crippen molar-refractivity contribution in [2.24, 2.45) is 11.1 Å². The molecule has 1 aliphatic rings. The summed E-state index contributed by atoms with van der Waals surface area (Å²) in [5.74, 6) is 1.53. The number of likely N-dealkylation sites (tertiary alicyclic amines) is 1. The van der Waals surface area contributed by atoms with E-state index >= 15 is 0 Å². The van der Waals surface area contributed by atoms with Crippen molar-refractivity contribution in [2.45, 2.75) is 32.9 Å². The molecule has 0 aromatic heterocycles. The fraction of sp³-hybridized carbons (Fsp3) is 0.667. The summed E-state index contributed by atoms with van der Waals surface area (Å²) in [7, 11) is 3.33. The molecular formula is C18H31ClN2O3. The van der Waals surface area contributed by atoms with Crippen LogP contribution in [0.1, 0.15) is 25.8 Å². The molecule has 0 amide bonds. The molecule has 2 N–H and O–H groups in total. The molecule has 2 rings (SSSR count). The zero-order valence-electron chi connectivity index (χ0n) is 15.2. The van der Waals surface area contributed by atoms with E-state index in [1.807, 2.05) is 6.07 Å². The predicted molar refractivity (Wildman–Crippen MR) is 99.3 cm³/mol. The monoisotopic (exact) mass is 358 g/mol. The van der Waals surface area contributed by atoms with Gasteiger partial charge in [-0.2, -0.15) is 0 Å². The molecule has 1 aromatic rings. The van der Waals surface area contributed by atoms with Gasteiger partial charge in [-0.15, -0.1) is 12.4 Å². The number of hydrogen-bond acceptors (Lipinski definition) is 5. The normalized spacial score (nSPS) is 20.3. The van der Waals surface area contributed by atoms with Gasteiger partial charge in [-0.1, -0.05) is 19.9 Å². The summed E-state index contributed by atoms with van der Waals surface area (Å²) in [4.78, 5) is 2.46. The van der Waals surface area contributed by atoms with E-state index in [0.717, 1.165) is 37.6 Å². The standard InChI is InChI=1S/C18H30N2O3.ClH/c1-18(2)13-20(8-7-17(18)19)12-14-5-6-15(16(11-14)22-4)23-10-9-21-3;/h5-6,11,17H,7-10,12-13,19H2,1-4H3;1H. The number of ether oxygens (including phenoxy) is 3. The molecule has 138 valence electrons. The maximum atomic E-state index is 6.22. The third kappa shape index (κ3) is 5.52. The molecular weight excluding hydrogens is 328 g/mol. The lowest BCUT2D eigenvalue weighted by Crippen LogP contribution is -2.52. The summed E-state index contributed by atoms with van der Waals surface area (Å²) in [5, 5.41) is 0. The minimum atomic E-state index is 0. The number of benzene rings is 1. The summed E-state index contributed by atoms with van der Waals surface area (Å²) < 4.78 is 16.1. The Bertz CT molecular complexity index is 511. The van der Waals surface area contributed by atoms with Crippen LogP contribution in [-0.4, -0.2) is 51.5 Å². The Kier molecular flexibility index (Phi) is 8.30. The number of piperidine rings is 1. The molecule has 0 saturated carbocycles. The van der Waals surface area contributed by atoms with E-state index in [2.05, 4.69) is 30.9 Å². The highest BCUT2D eigenvalue weighted by molar-refractivity contribution is 5.85. The van der Waals surface area contributed by atoms with Gasteiger partial charge in [-0.3, -0.25) is 4.90 Å². The Morgan fingerprint density at radius 2 is 1.96 bits per heavy atom. The van der Waals surface area contributed by atoms with Crippen LogP contribution in [0, 0.1) is 5.41 Å². The van der Waals surface area contributed by atoms with Gasteiger partial charge in [0.05, 0.1) is 13.7 Å². The Morgan fingerprint density at radius 3 is 2.58 bits per heavy atom. The van der Waals surface area contributed by atoms with E-state index in [1.165, 1.54) is 5.56 Å². The van der Waals surface area contributed by atoms with Crippen molar-refractivity contribution in [3.63, 3.8) is 0 Å². The van der Waals surface area contributed by atoms with Crippen LogP contribution in [0.4, 0.5) is 0 Å². The highest BCUT2D eigenvalue weighted by atomic mass is 35.5. The van der Waals surface area contributed by atoms with Crippen molar-refractivity contribution in [2.75, 3.05) is 40.5 Å². The zero-order valence-corrected chi connectivity index (χ0v) is 16.0. The Balaban J connectivity index is 0.00000288. The number of methoxy groups -OCH3 is 2. The second-order valence-electron chi connectivity index (χ2n) is 6.92. The minimum absolute atomic E-state index is 0. The summed E-state index contributed by atoms with van der Waals surface area (Å²) in [5.41, 5.74) is 7.61. The molecule has 5 nitrogen and oxygen atoms in total. The minimum Gasteiger partial charge on any atom is -0.493 e. The quantitative estimate of drug-likeness (QED) is 0.759. The summed E-state index contributed by atoms with van der Waals surface area (Å²) in [6, 6.07) is 6.42. The van der Waals surface area contributed by atoms with Crippen molar-refractivity contribution in [1.82, 2.24) is 4.90 Å². The topological polar surface area (TPSA) is 57.0 Å². The lowest BCUT2D eigenvalue weighted by molar-refractivity contribution is 0.0898. The van der Waals surface area contributed by atoms with Gasteiger partial charge in [0.1, 0.15) is 6.61 Å². The number of hydrogen-bond donors (Lipinski definition) is 1. The lowest BCUT2D eigenvalue weighted by atomic mass is 9.79. The van der Waals surface area contributed by atoms with Crippen LogP contribution >= 0.6 is 12.4 Å². The van der Waals surface area contributed by atoms with Gasteiger partial charge in [0.2, 0.25) is 0 Å². The van der Waals surface area contributed by atoms with E-state index in [9.17, 15) is 0 Å². The first-order chi connectivity index (χ1) is 11.0. The third-order valence-corrected chi connectivity index (χ3v) is 4.57. The van der Waals surface area contributed by atoms with Gasteiger partial charge in [-0.05, 0) is 29.5 Å². The molecule has 1 saturated heterocycles. The summed E-state index contributed by atoms with van der Waals surface area (Å²) in [6.07, 6.45) is 1.04. The second-order valence-corrected chi connectivity index (χ2v) is 6.92. The molecule has 1 aromatic carbocycles. The highest BCUT2D eigenvalue weighted by Crippen LogP contribution is 2.31. The van der Waals surface area contributed by atoms with Gasteiger partial charge in [0.15, 0.2) is 11.5 Å². The largest absolute Gasteiger partial charge is 0.493 e. The summed E-state index contributed by atoms with van der Waals surface area (Å²) in [6.45, 7) is 8.54. The smallest absolute Gasteiger partial charge is 0.161 e. The number of halogens is 1. The summed E-state index contributed by atoms with van der Waals surface area (Å²) >= 11 is 0.